The predicted octanol–water partition coefficient (Wildman–Crippen LogP) is 4.50. The number of nitrogens with zero attached hydrogens (tertiary/aromatic N) is 2. The Kier molecular flexibility index (Phi) is 5.85. The molecule has 2 rings (SSSR count). The number of nitrogens with one attached hydrogen (secondary N) is 1. The number of hydrogen-bond donors (Lipinski definition) is 1. The fourth-order valence-corrected chi connectivity index (χ4v) is 2.32. The Balaban J connectivity index is 2.07. The van der Waals surface area contributed by atoms with Gasteiger partial charge in [-0.1, -0.05) is 39.3 Å². The van der Waals surface area contributed by atoms with Crippen molar-refractivity contribution >= 4 is 11.6 Å². The molecule has 4 heteroatoms. The van der Waals surface area contributed by atoms with Crippen LogP contribution in [0.3, 0.4) is 0 Å². The van der Waals surface area contributed by atoms with Gasteiger partial charge in [0.05, 0.1) is 11.3 Å². The van der Waals surface area contributed by atoms with Crippen molar-refractivity contribution in [1.29, 1.82) is 0 Å². The highest BCUT2D eigenvalue weighted by atomic mass is 16.1. The molecule has 0 spiro atoms. The first-order valence-electron chi connectivity index (χ1n) is 8.25. The van der Waals surface area contributed by atoms with Crippen molar-refractivity contribution in [3.8, 4) is 0 Å². The summed E-state index contributed by atoms with van der Waals surface area (Å²) >= 11 is 0. The first-order chi connectivity index (χ1) is 11.0. The average Bonchev–Trinajstić information content (AvgIpc) is 2.53. The van der Waals surface area contributed by atoms with E-state index in [0.29, 0.717) is 11.3 Å². The molecule has 4 nitrogen and oxygen atoms in total. The molecule has 1 N–H and O–H groups in total. The first kappa shape index (κ1) is 17.1. The van der Waals surface area contributed by atoms with E-state index in [1.54, 1.807) is 6.20 Å². The summed E-state index contributed by atoms with van der Waals surface area (Å²) in [4.78, 5) is 21.1. The Labute approximate surface area is 138 Å². The van der Waals surface area contributed by atoms with E-state index in [1.165, 1.54) is 18.4 Å². The molecule has 0 aliphatic rings. The minimum absolute atomic E-state index is 0.167. The van der Waals surface area contributed by atoms with Crippen LogP contribution < -0.4 is 5.32 Å². The van der Waals surface area contributed by atoms with Crippen LogP contribution in [0.2, 0.25) is 0 Å². The van der Waals surface area contributed by atoms with Gasteiger partial charge in [-0.3, -0.25) is 4.79 Å². The van der Waals surface area contributed by atoms with Crippen LogP contribution in [0, 0.1) is 6.92 Å². The van der Waals surface area contributed by atoms with E-state index in [9.17, 15) is 4.79 Å². The molecule has 0 saturated heterocycles. The number of unbranched alkanes of at least 4 members (excludes halogenated alkanes) is 1. The molecule has 2 aromatic rings. The molecule has 0 bridgehead atoms. The second-order valence-electron chi connectivity index (χ2n) is 6.14. The molecule has 0 aliphatic heterocycles. The SMILES string of the molecule is CCCCc1ccc(NC(=O)c2cnc(C(C)C)nc2C)cc1. The standard InChI is InChI=1S/C19H25N3O/c1-5-6-7-15-8-10-16(11-9-15)22-19(23)17-12-20-18(13(2)3)21-14(17)4/h8-13H,5-7H2,1-4H3,(H,22,23). The zero-order valence-electron chi connectivity index (χ0n) is 14.4. The van der Waals surface area contributed by atoms with Gasteiger partial charge in [-0.25, -0.2) is 9.97 Å². The highest BCUT2D eigenvalue weighted by molar-refractivity contribution is 6.04. The third kappa shape index (κ3) is 4.62. The molecule has 0 radical (unpaired) electrons. The van der Waals surface area contributed by atoms with Gasteiger partial charge in [0.2, 0.25) is 0 Å². The van der Waals surface area contributed by atoms with E-state index in [0.717, 1.165) is 17.9 Å². The van der Waals surface area contributed by atoms with E-state index in [-0.39, 0.29) is 11.8 Å². The predicted molar refractivity (Wildman–Crippen MR) is 93.9 cm³/mol. The van der Waals surface area contributed by atoms with Gasteiger partial charge >= 0.3 is 0 Å². The van der Waals surface area contributed by atoms with Gasteiger partial charge in [0.25, 0.3) is 5.91 Å². The summed E-state index contributed by atoms with van der Waals surface area (Å²) in [6.45, 7) is 8.10. The Bertz CT molecular complexity index is 663. The quantitative estimate of drug-likeness (QED) is 0.854. The van der Waals surface area contributed by atoms with Crippen molar-refractivity contribution in [2.45, 2.75) is 52.9 Å². The fraction of sp³-hybridized carbons (Fsp3) is 0.421. The molecule has 122 valence electrons. The lowest BCUT2D eigenvalue weighted by Crippen LogP contribution is -2.15. The molecule has 1 heterocycles. The number of hydrogen-bond acceptors (Lipinski definition) is 3. The number of carbonyl (C=O) groups excluding carboxylic acids is 1. The van der Waals surface area contributed by atoms with Gasteiger partial charge < -0.3 is 5.32 Å². The second kappa shape index (κ2) is 7.86. The molecule has 1 amide bonds. The molecule has 0 fully saturated rings. The van der Waals surface area contributed by atoms with Crippen LogP contribution >= 0.6 is 0 Å². The maximum Gasteiger partial charge on any atom is 0.259 e. The maximum atomic E-state index is 12.4. The van der Waals surface area contributed by atoms with E-state index < -0.39 is 0 Å². The van der Waals surface area contributed by atoms with Gasteiger partial charge in [0, 0.05) is 17.8 Å². The Morgan fingerprint density at radius 2 is 1.91 bits per heavy atom. The Morgan fingerprint density at radius 1 is 1.22 bits per heavy atom. The van der Waals surface area contributed by atoms with Gasteiger partial charge in [-0.05, 0) is 37.5 Å². The van der Waals surface area contributed by atoms with Crippen molar-refractivity contribution in [2.24, 2.45) is 0 Å². The second-order valence-corrected chi connectivity index (χ2v) is 6.14. The summed E-state index contributed by atoms with van der Waals surface area (Å²) in [5.74, 6) is 0.847. The largest absolute Gasteiger partial charge is 0.322 e. The van der Waals surface area contributed by atoms with Crippen molar-refractivity contribution in [1.82, 2.24) is 9.97 Å². The van der Waals surface area contributed by atoms with Crippen molar-refractivity contribution in [3.05, 3.63) is 53.1 Å². The van der Waals surface area contributed by atoms with Crippen LogP contribution in [0.15, 0.2) is 30.5 Å². The summed E-state index contributed by atoms with van der Waals surface area (Å²) in [5, 5.41) is 2.91. The van der Waals surface area contributed by atoms with Gasteiger partial charge in [0.1, 0.15) is 5.82 Å². The van der Waals surface area contributed by atoms with E-state index in [4.69, 9.17) is 0 Å². The topological polar surface area (TPSA) is 54.9 Å². The normalized spacial score (nSPS) is 10.8. The van der Waals surface area contributed by atoms with Crippen LogP contribution in [0.4, 0.5) is 5.69 Å². The summed E-state index contributed by atoms with van der Waals surface area (Å²) in [6.07, 6.45) is 5.06. The Hall–Kier alpha value is -2.23. The monoisotopic (exact) mass is 311 g/mol. The summed E-state index contributed by atoms with van der Waals surface area (Å²) in [6, 6.07) is 8.02. The fourth-order valence-electron chi connectivity index (χ4n) is 2.32. The minimum atomic E-state index is -0.167. The molecule has 23 heavy (non-hydrogen) atoms. The van der Waals surface area contributed by atoms with E-state index in [1.807, 2.05) is 32.9 Å². The van der Waals surface area contributed by atoms with Crippen molar-refractivity contribution in [3.63, 3.8) is 0 Å². The Morgan fingerprint density at radius 3 is 2.48 bits per heavy atom. The van der Waals surface area contributed by atoms with Crippen molar-refractivity contribution < 1.29 is 4.79 Å². The van der Waals surface area contributed by atoms with Crippen molar-refractivity contribution in [2.75, 3.05) is 5.32 Å². The molecular formula is C19H25N3O. The molecule has 1 aromatic heterocycles. The van der Waals surface area contributed by atoms with Crippen LogP contribution in [-0.4, -0.2) is 15.9 Å². The number of benzene rings is 1. The maximum absolute atomic E-state index is 12.4. The highest BCUT2D eigenvalue weighted by Gasteiger charge is 2.13. The molecule has 1 aromatic carbocycles. The van der Waals surface area contributed by atoms with E-state index in [2.05, 4.69) is 34.3 Å². The summed E-state index contributed by atoms with van der Waals surface area (Å²) in [7, 11) is 0. The van der Waals surface area contributed by atoms with Gasteiger partial charge in [-0.2, -0.15) is 0 Å². The van der Waals surface area contributed by atoms with Crippen LogP contribution in [-0.2, 0) is 6.42 Å². The lowest BCUT2D eigenvalue weighted by molar-refractivity contribution is 0.102. The number of aromatic nitrogens is 2. The summed E-state index contributed by atoms with van der Waals surface area (Å²) < 4.78 is 0. The number of amides is 1. The average molecular weight is 311 g/mol. The van der Waals surface area contributed by atoms with E-state index >= 15 is 0 Å². The number of aryl methyl sites for hydroxylation is 2. The van der Waals surface area contributed by atoms with Crippen LogP contribution in [0.5, 0.6) is 0 Å². The smallest absolute Gasteiger partial charge is 0.259 e. The number of rotatable bonds is 6. The van der Waals surface area contributed by atoms with Gasteiger partial charge in [-0.15, -0.1) is 0 Å². The highest BCUT2D eigenvalue weighted by Crippen LogP contribution is 2.15. The number of carbonyl (C=O) groups is 1. The first-order valence-corrected chi connectivity index (χ1v) is 8.25. The molecule has 0 unspecified atom stereocenters. The molecular weight excluding hydrogens is 286 g/mol. The lowest BCUT2D eigenvalue weighted by atomic mass is 10.1. The van der Waals surface area contributed by atoms with Gasteiger partial charge in [0.15, 0.2) is 0 Å². The zero-order valence-corrected chi connectivity index (χ0v) is 14.4. The third-order valence-electron chi connectivity index (χ3n) is 3.79. The van der Waals surface area contributed by atoms with Crippen LogP contribution in [0.1, 0.15) is 67.0 Å². The molecule has 0 atom stereocenters. The van der Waals surface area contributed by atoms with Crippen LogP contribution in [0.25, 0.3) is 0 Å². The minimum Gasteiger partial charge on any atom is -0.322 e. The molecule has 0 aliphatic carbocycles. The zero-order chi connectivity index (χ0) is 16.8. The lowest BCUT2D eigenvalue weighted by Gasteiger charge is -2.10. The third-order valence-corrected chi connectivity index (χ3v) is 3.79. The number of anilines is 1. The summed E-state index contributed by atoms with van der Waals surface area (Å²) in [5.41, 5.74) is 3.32. The molecule has 0 saturated carbocycles.